The molecule has 1 rings (SSSR count). The van der Waals surface area contributed by atoms with E-state index in [9.17, 15) is 34.2 Å². The lowest BCUT2D eigenvalue weighted by atomic mass is 10.0. The summed E-state index contributed by atoms with van der Waals surface area (Å²) in [6, 6.07) is 2.94. The van der Waals surface area contributed by atoms with Gasteiger partial charge in [0.1, 0.15) is 12.1 Å². The zero-order valence-electron chi connectivity index (χ0n) is 20.9. The molecular weight excluding hydrogens is 502 g/mol. The summed E-state index contributed by atoms with van der Waals surface area (Å²) in [4.78, 5) is 64.8. The highest BCUT2D eigenvalue weighted by Crippen LogP contribution is 2.07. The first-order chi connectivity index (χ1) is 17.8. The Labute approximate surface area is 218 Å². The number of nitrogens with one attached hydrogen (secondary N) is 3. The Kier molecular flexibility index (Phi) is 13.2. The molecule has 0 spiro atoms. The van der Waals surface area contributed by atoms with E-state index >= 15 is 0 Å². The van der Waals surface area contributed by atoms with Crippen LogP contribution in [0.1, 0.15) is 31.7 Å². The van der Waals surface area contributed by atoms with E-state index < -0.39 is 66.4 Å². The van der Waals surface area contributed by atoms with Crippen LogP contribution in [0.4, 0.5) is 0 Å². The second-order valence-electron chi connectivity index (χ2n) is 8.53. The Hall–Kier alpha value is -4.24. The molecule has 0 aromatic heterocycles. The summed E-state index contributed by atoms with van der Waals surface area (Å²) in [7, 11) is 0. The minimum atomic E-state index is -1.64. The average Bonchev–Trinajstić information content (AvgIpc) is 2.83. The molecule has 3 amide bonds. The maximum Gasteiger partial charge on any atom is 0.328 e. The SMILES string of the molecule is CC(O)C(NC(=O)C(CCCN=C(N)N)NC(=O)C(Cc1ccccc1)NC(=O)C(N)CC(=O)O)C(=O)O. The molecule has 5 unspecified atom stereocenters. The zero-order chi connectivity index (χ0) is 28.8. The van der Waals surface area contributed by atoms with Gasteiger partial charge in [0.15, 0.2) is 12.0 Å². The number of rotatable bonds is 16. The number of carboxylic acid groups (broad SMARTS) is 2. The van der Waals surface area contributed by atoms with Gasteiger partial charge < -0.3 is 48.5 Å². The molecule has 0 saturated carbocycles. The molecule has 0 fully saturated rings. The average molecular weight is 538 g/mol. The summed E-state index contributed by atoms with van der Waals surface area (Å²) in [5.74, 6) is -5.57. The van der Waals surface area contributed by atoms with E-state index in [1.165, 1.54) is 6.92 Å². The van der Waals surface area contributed by atoms with Gasteiger partial charge in [-0.25, -0.2) is 4.79 Å². The van der Waals surface area contributed by atoms with Crippen LogP contribution >= 0.6 is 0 Å². The molecule has 1 aromatic carbocycles. The van der Waals surface area contributed by atoms with Crippen molar-refractivity contribution in [2.75, 3.05) is 6.54 Å². The number of hydrogen-bond acceptors (Lipinski definition) is 8. The standard InChI is InChI=1S/C23H35N7O8/c1-12(31)18(22(37)38)30-20(35)15(8-5-9-27-23(25)26)28-21(36)16(10-13-6-3-2-4-7-13)29-19(34)14(24)11-17(32)33/h2-4,6-7,12,14-16,18,31H,5,8-11,24H2,1H3,(H,28,36)(H,29,34)(H,30,35)(H,32,33)(H,37,38)(H4,25,26,27). The Morgan fingerprint density at radius 2 is 1.50 bits per heavy atom. The van der Waals surface area contributed by atoms with E-state index in [2.05, 4.69) is 20.9 Å². The summed E-state index contributed by atoms with van der Waals surface area (Å²) >= 11 is 0. The van der Waals surface area contributed by atoms with E-state index in [1.807, 2.05) is 0 Å². The summed E-state index contributed by atoms with van der Waals surface area (Å²) in [6.07, 6.45) is -1.94. The van der Waals surface area contributed by atoms with Crippen LogP contribution < -0.4 is 33.2 Å². The molecule has 0 aliphatic heterocycles. The molecule has 1 aromatic rings. The number of amides is 3. The Morgan fingerprint density at radius 3 is 2.03 bits per heavy atom. The number of nitrogens with two attached hydrogens (primary N) is 3. The summed E-state index contributed by atoms with van der Waals surface area (Å²) in [6.45, 7) is 1.28. The lowest BCUT2D eigenvalue weighted by molar-refractivity contribution is -0.145. The largest absolute Gasteiger partial charge is 0.481 e. The number of benzene rings is 1. The van der Waals surface area contributed by atoms with Crippen LogP contribution in [0.3, 0.4) is 0 Å². The number of aliphatic hydroxyl groups is 1. The first kappa shape index (κ1) is 31.8. The van der Waals surface area contributed by atoms with Crippen LogP contribution in [0, 0.1) is 0 Å². The molecule has 12 N–H and O–H groups in total. The van der Waals surface area contributed by atoms with Crippen LogP contribution in [0.25, 0.3) is 0 Å². The normalized spacial score (nSPS) is 14.6. The van der Waals surface area contributed by atoms with Crippen LogP contribution in [-0.4, -0.2) is 87.8 Å². The number of aliphatic carboxylic acids is 2. The predicted octanol–water partition coefficient (Wildman–Crippen LogP) is -3.00. The van der Waals surface area contributed by atoms with Crippen LogP contribution in [0.5, 0.6) is 0 Å². The van der Waals surface area contributed by atoms with Gasteiger partial charge in [-0.15, -0.1) is 0 Å². The van der Waals surface area contributed by atoms with Crippen LogP contribution in [0.2, 0.25) is 0 Å². The van der Waals surface area contributed by atoms with Crippen molar-refractivity contribution >= 4 is 35.6 Å². The van der Waals surface area contributed by atoms with Gasteiger partial charge in [0.2, 0.25) is 17.7 Å². The third-order valence-electron chi connectivity index (χ3n) is 5.27. The molecule has 0 bridgehead atoms. The summed E-state index contributed by atoms with van der Waals surface area (Å²) in [5, 5.41) is 35.0. The fraction of sp³-hybridized carbons (Fsp3) is 0.478. The Bertz CT molecular complexity index is 999. The van der Waals surface area contributed by atoms with Gasteiger partial charge in [-0.3, -0.25) is 24.2 Å². The Balaban J connectivity index is 3.15. The van der Waals surface area contributed by atoms with E-state index in [-0.39, 0.29) is 31.8 Å². The molecule has 0 radical (unpaired) electrons. The smallest absolute Gasteiger partial charge is 0.328 e. The van der Waals surface area contributed by atoms with Crippen molar-refractivity contribution in [3.05, 3.63) is 35.9 Å². The zero-order valence-corrected chi connectivity index (χ0v) is 20.9. The van der Waals surface area contributed by atoms with Gasteiger partial charge in [0.05, 0.1) is 18.6 Å². The third kappa shape index (κ3) is 11.7. The monoisotopic (exact) mass is 537 g/mol. The van der Waals surface area contributed by atoms with Crippen molar-refractivity contribution in [3.8, 4) is 0 Å². The lowest BCUT2D eigenvalue weighted by Crippen LogP contribution is -2.58. The van der Waals surface area contributed by atoms with Gasteiger partial charge in [-0.1, -0.05) is 30.3 Å². The molecule has 15 nitrogen and oxygen atoms in total. The summed E-state index contributed by atoms with van der Waals surface area (Å²) in [5.41, 5.74) is 16.9. The topological polar surface area (TPSA) is 273 Å². The predicted molar refractivity (Wildman–Crippen MR) is 135 cm³/mol. The van der Waals surface area contributed by atoms with Gasteiger partial charge in [0, 0.05) is 13.0 Å². The first-order valence-corrected chi connectivity index (χ1v) is 11.7. The molecule has 15 heteroatoms. The molecule has 210 valence electrons. The lowest BCUT2D eigenvalue weighted by Gasteiger charge is -2.26. The number of aliphatic hydroxyl groups excluding tert-OH is 1. The number of nitrogens with zero attached hydrogens (tertiary/aromatic N) is 1. The fourth-order valence-electron chi connectivity index (χ4n) is 3.31. The summed E-state index contributed by atoms with van der Waals surface area (Å²) < 4.78 is 0. The first-order valence-electron chi connectivity index (χ1n) is 11.7. The van der Waals surface area contributed by atoms with Crippen molar-refractivity contribution in [1.29, 1.82) is 0 Å². The maximum atomic E-state index is 13.2. The van der Waals surface area contributed by atoms with E-state index in [1.54, 1.807) is 30.3 Å². The van der Waals surface area contributed by atoms with Gasteiger partial charge in [-0.05, 0) is 25.3 Å². The quantitative estimate of drug-likeness (QED) is 0.0582. The minimum absolute atomic E-state index is 0.0219. The number of aliphatic imine (C=N–C) groups is 1. The maximum absolute atomic E-state index is 13.2. The van der Waals surface area contributed by atoms with E-state index in [0.717, 1.165) is 0 Å². The van der Waals surface area contributed by atoms with Crippen LogP contribution in [0.15, 0.2) is 35.3 Å². The molecule has 0 saturated heterocycles. The van der Waals surface area contributed by atoms with E-state index in [4.69, 9.17) is 22.3 Å². The molecule has 0 heterocycles. The van der Waals surface area contributed by atoms with Crippen LogP contribution in [-0.2, 0) is 30.4 Å². The van der Waals surface area contributed by atoms with E-state index in [0.29, 0.717) is 5.56 Å². The number of carboxylic acids is 2. The second kappa shape index (κ2) is 15.8. The highest BCUT2D eigenvalue weighted by atomic mass is 16.4. The molecule has 0 aliphatic carbocycles. The van der Waals surface area contributed by atoms with Crippen molar-refractivity contribution < 1.29 is 39.3 Å². The number of guanidine groups is 1. The minimum Gasteiger partial charge on any atom is -0.481 e. The van der Waals surface area contributed by atoms with Crippen molar-refractivity contribution in [3.63, 3.8) is 0 Å². The molecular formula is C23H35N7O8. The second-order valence-corrected chi connectivity index (χ2v) is 8.53. The third-order valence-corrected chi connectivity index (χ3v) is 5.27. The Morgan fingerprint density at radius 1 is 0.921 bits per heavy atom. The van der Waals surface area contributed by atoms with Gasteiger partial charge in [0.25, 0.3) is 0 Å². The highest BCUT2D eigenvalue weighted by Gasteiger charge is 2.32. The number of carbonyl (C=O) groups excluding carboxylic acids is 3. The van der Waals surface area contributed by atoms with Gasteiger partial charge >= 0.3 is 11.9 Å². The van der Waals surface area contributed by atoms with Crippen molar-refractivity contribution in [1.82, 2.24) is 16.0 Å². The van der Waals surface area contributed by atoms with Crippen molar-refractivity contribution in [2.45, 2.75) is 62.9 Å². The van der Waals surface area contributed by atoms with Crippen molar-refractivity contribution in [2.24, 2.45) is 22.2 Å². The molecule has 38 heavy (non-hydrogen) atoms. The number of carbonyl (C=O) groups is 5. The molecule has 0 aliphatic rings. The highest BCUT2D eigenvalue weighted by molar-refractivity contribution is 5.95. The molecule has 5 atom stereocenters. The number of hydrogen-bond donors (Lipinski definition) is 9. The van der Waals surface area contributed by atoms with Gasteiger partial charge in [-0.2, -0.15) is 0 Å². The fourth-order valence-corrected chi connectivity index (χ4v) is 3.31.